The second-order valence-electron chi connectivity index (χ2n) is 6.38. The fraction of sp³-hybridized carbons (Fsp3) is 0.190. The average Bonchev–Trinajstić information content (AvgIpc) is 2.72. The van der Waals surface area contributed by atoms with Crippen LogP contribution in [0.5, 0.6) is 0 Å². The van der Waals surface area contributed by atoms with E-state index in [0.29, 0.717) is 19.5 Å². The molecule has 144 valence electrons. The predicted molar refractivity (Wildman–Crippen MR) is 100 cm³/mol. The summed E-state index contributed by atoms with van der Waals surface area (Å²) in [4.78, 5) is 1.67. The van der Waals surface area contributed by atoms with Crippen LogP contribution in [0, 0.1) is 34.0 Å². The van der Waals surface area contributed by atoms with Crippen molar-refractivity contribution in [2.45, 2.75) is 19.1 Å². The van der Waals surface area contributed by atoms with Crippen LogP contribution in [0.1, 0.15) is 16.7 Å². The van der Waals surface area contributed by atoms with E-state index in [1.807, 2.05) is 24.3 Å². The average molecular weight is 393 g/mol. The van der Waals surface area contributed by atoms with Crippen LogP contribution < -0.4 is 10.2 Å². The van der Waals surface area contributed by atoms with Gasteiger partial charge in [-0.05, 0) is 35.7 Å². The minimum Gasteiger partial charge on any atom is -0.366 e. The lowest BCUT2D eigenvalue weighted by atomic mass is 9.98. The van der Waals surface area contributed by atoms with Crippen molar-refractivity contribution in [2.24, 2.45) is 0 Å². The van der Waals surface area contributed by atoms with Crippen LogP contribution in [-0.4, -0.2) is 6.54 Å². The SMILES string of the molecule is N#CC(C#N)=C(C#N)Nc1ccc(N2CCc3ccccc3C2)c(C(F)(F)F)c1. The highest BCUT2D eigenvalue weighted by Gasteiger charge is 2.36. The van der Waals surface area contributed by atoms with Gasteiger partial charge in [0.1, 0.15) is 23.9 Å². The highest BCUT2D eigenvalue weighted by atomic mass is 19.4. The summed E-state index contributed by atoms with van der Waals surface area (Å²) in [6, 6.07) is 16.0. The smallest absolute Gasteiger partial charge is 0.366 e. The third kappa shape index (κ3) is 4.15. The Bertz CT molecular complexity index is 1080. The lowest BCUT2D eigenvalue weighted by molar-refractivity contribution is -0.137. The summed E-state index contributed by atoms with van der Waals surface area (Å²) < 4.78 is 41.3. The normalized spacial score (nSPS) is 12.8. The third-order valence-electron chi connectivity index (χ3n) is 4.63. The molecule has 0 atom stereocenters. The van der Waals surface area contributed by atoms with Gasteiger partial charge in [0, 0.05) is 24.5 Å². The van der Waals surface area contributed by atoms with Crippen molar-refractivity contribution < 1.29 is 13.2 Å². The molecule has 0 saturated heterocycles. The number of anilines is 2. The van der Waals surface area contributed by atoms with Gasteiger partial charge >= 0.3 is 6.18 Å². The zero-order valence-electron chi connectivity index (χ0n) is 15.1. The first kappa shape index (κ1) is 19.8. The van der Waals surface area contributed by atoms with Gasteiger partial charge in [-0.2, -0.15) is 29.0 Å². The lowest BCUT2D eigenvalue weighted by Gasteiger charge is -2.32. The van der Waals surface area contributed by atoms with Gasteiger partial charge in [0.2, 0.25) is 0 Å². The summed E-state index contributed by atoms with van der Waals surface area (Å²) in [6.07, 6.45) is -3.98. The molecular weight excluding hydrogens is 379 g/mol. The number of alkyl halides is 3. The van der Waals surface area contributed by atoms with Gasteiger partial charge in [-0.25, -0.2) is 0 Å². The number of halogens is 3. The molecule has 1 heterocycles. The third-order valence-corrected chi connectivity index (χ3v) is 4.63. The van der Waals surface area contributed by atoms with Gasteiger partial charge in [0.25, 0.3) is 0 Å². The molecule has 1 aliphatic rings. The van der Waals surface area contributed by atoms with Gasteiger partial charge in [-0.3, -0.25) is 0 Å². The van der Waals surface area contributed by atoms with Gasteiger partial charge in [0.05, 0.1) is 5.56 Å². The van der Waals surface area contributed by atoms with Crippen molar-refractivity contribution >= 4 is 11.4 Å². The van der Waals surface area contributed by atoms with E-state index in [1.165, 1.54) is 12.1 Å². The van der Waals surface area contributed by atoms with Gasteiger partial charge < -0.3 is 10.2 Å². The quantitative estimate of drug-likeness (QED) is 0.776. The van der Waals surface area contributed by atoms with Crippen LogP contribution in [0.3, 0.4) is 0 Å². The zero-order valence-corrected chi connectivity index (χ0v) is 15.1. The molecule has 0 spiro atoms. The molecule has 0 radical (unpaired) electrons. The number of nitriles is 3. The van der Waals surface area contributed by atoms with E-state index in [1.54, 1.807) is 23.1 Å². The minimum absolute atomic E-state index is 0.0296. The van der Waals surface area contributed by atoms with Crippen molar-refractivity contribution in [3.05, 3.63) is 70.4 Å². The minimum atomic E-state index is -4.62. The fourth-order valence-corrected chi connectivity index (χ4v) is 3.25. The second kappa shape index (κ2) is 7.96. The summed E-state index contributed by atoms with van der Waals surface area (Å²) in [5.41, 5.74) is 0.366. The number of hydrogen-bond donors (Lipinski definition) is 1. The standard InChI is InChI=1S/C21H14F3N5/c22-21(23,24)18-9-17(28-19(12-27)16(10-25)11-26)5-6-20(18)29-8-7-14-3-1-2-4-15(14)13-29/h1-6,9,28H,7-8,13H2. The topological polar surface area (TPSA) is 86.6 Å². The van der Waals surface area contributed by atoms with Gasteiger partial charge in [-0.1, -0.05) is 24.3 Å². The molecule has 29 heavy (non-hydrogen) atoms. The fourth-order valence-electron chi connectivity index (χ4n) is 3.25. The van der Waals surface area contributed by atoms with E-state index in [9.17, 15) is 13.2 Å². The van der Waals surface area contributed by atoms with Crippen LogP contribution in [0.2, 0.25) is 0 Å². The zero-order chi connectivity index (χ0) is 21.0. The molecule has 0 aliphatic carbocycles. The number of allylic oxidation sites excluding steroid dienone is 2. The van der Waals surface area contributed by atoms with Crippen LogP contribution in [0.4, 0.5) is 24.5 Å². The molecule has 0 saturated carbocycles. The monoisotopic (exact) mass is 393 g/mol. The number of nitrogens with one attached hydrogen (secondary N) is 1. The maximum atomic E-state index is 13.8. The van der Waals surface area contributed by atoms with Gasteiger partial charge in [-0.15, -0.1) is 0 Å². The molecule has 0 aromatic heterocycles. The molecule has 0 unspecified atom stereocenters. The van der Waals surface area contributed by atoms with Gasteiger partial charge in [0.15, 0.2) is 5.57 Å². The summed E-state index contributed by atoms with van der Waals surface area (Å²) >= 11 is 0. The molecule has 0 fully saturated rings. The van der Waals surface area contributed by atoms with Crippen molar-refractivity contribution in [2.75, 3.05) is 16.8 Å². The lowest BCUT2D eigenvalue weighted by Crippen LogP contribution is -2.32. The Hall–Kier alpha value is -3.96. The van der Waals surface area contributed by atoms with E-state index in [4.69, 9.17) is 15.8 Å². The van der Waals surface area contributed by atoms with Crippen LogP contribution in [0.25, 0.3) is 0 Å². The van der Waals surface area contributed by atoms with Crippen molar-refractivity contribution in [3.63, 3.8) is 0 Å². The molecular formula is C21H14F3N5. The molecule has 3 rings (SSSR count). The Labute approximate surface area is 165 Å². The number of benzene rings is 2. The van der Waals surface area contributed by atoms with Crippen molar-refractivity contribution in [3.8, 4) is 18.2 Å². The van der Waals surface area contributed by atoms with E-state index in [-0.39, 0.29) is 11.4 Å². The highest BCUT2D eigenvalue weighted by molar-refractivity contribution is 5.66. The molecule has 0 bridgehead atoms. The van der Waals surface area contributed by atoms with Crippen LogP contribution >= 0.6 is 0 Å². The first-order valence-electron chi connectivity index (χ1n) is 8.62. The Kier molecular flexibility index (Phi) is 5.43. The summed E-state index contributed by atoms with van der Waals surface area (Å²) in [5.74, 6) is 0. The maximum Gasteiger partial charge on any atom is 0.418 e. The molecule has 1 aliphatic heterocycles. The van der Waals surface area contributed by atoms with Crippen LogP contribution in [-0.2, 0) is 19.1 Å². The maximum absolute atomic E-state index is 13.8. The summed E-state index contributed by atoms with van der Waals surface area (Å²) in [5, 5.41) is 29.3. The van der Waals surface area contributed by atoms with Crippen molar-refractivity contribution in [1.82, 2.24) is 0 Å². The number of hydrogen-bond acceptors (Lipinski definition) is 5. The number of rotatable bonds is 3. The van der Waals surface area contributed by atoms with E-state index in [2.05, 4.69) is 5.32 Å². The Morgan fingerprint density at radius 1 is 0.966 bits per heavy atom. The van der Waals surface area contributed by atoms with E-state index < -0.39 is 23.0 Å². The Morgan fingerprint density at radius 3 is 2.28 bits per heavy atom. The molecule has 2 aromatic carbocycles. The molecule has 0 amide bonds. The molecule has 2 aromatic rings. The van der Waals surface area contributed by atoms with Crippen LogP contribution in [0.15, 0.2) is 53.7 Å². The number of fused-ring (bicyclic) bond motifs is 1. The van der Waals surface area contributed by atoms with Crippen molar-refractivity contribution in [1.29, 1.82) is 15.8 Å². The summed E-state index contributed by atoms with van der Waals surface area (Å²) in [7, 11) is 0. The first-order valence-corrected chi connectivity index (χ1v) is 8.62. The molecule has 5 nitrogen and oxygen atoms in total. The molecule has 1 N–H and O–H groups in total. The largest absolute Gasteiger partial charge is 0.418 e. The first-order chi connectivity index (χ1) is 13.9. The Morgan fingerprint density at radius 2 is 1.66 bits per heavy atom. The van der Waals surface area contributed by atoms with E-state index in [0.717, 1.165) is 17.2 Å². The molecule has 8 heteroatoms. The second-order valence-corrected chi connectivity index (χ2v) is 6.38. The highest BCUT2D eigenvalue weighted by Crippen LogP contribution is 2.40. The number of nitrogens with zero attached hydrogens (tertiary/aromatic N) is 4. The van der Waals surface area contributed by atoms with E-state index >= 15 is 0 Å². The predicted octanol–water partition coefficient (Wildman–Crippen LogP) is 4.50. The summed E-state index contributed by atoms with van der Waals surface area (Å²) in [6.45, 7) is 0.811. The Balaban J connectivity index is 1.99.